The van der Waals surface area contributed by atoms with E-state index in [9.17, 15) is 0 Å². The summed E-state index contributed by atoms with van der Waals surface area (Å²) in [4.78, 5) is 8.52. The first-order chi connectivity index (χ1) is 15.7. The summed E-state index contributed by atoms with van der Waals surface area (Å²) in [6.07, 6.45) is 0. The van der Waals surface area contributed by atoms with Crippen molar-refractivity contribution in [3.8, 4) is 34.0 Å². The van der Waals surface area contributed by atoms with Gasteiger partial charge in [-0.1, -0.05) is 30.3 Å². The molecule has 0 saturated carbocycles. The third-order valence-electron chi connectivity index (χ3n) is 5.61. The van der Waals surface area contributed by atoms with Crippen molar-refractivity contribution in [3.63, 3.8) is 0 Å². The number of methoxy groups -OCH3 is 2. The van der Waals surface area contributed by atoms with Crippen LogP contribution in [0.3, 0.4) is 0 Å². The molecule has 0 spiro atoms. The molecule has 3 aromatic carbocycles. The topological polar surface area (TPSA) is 65.6 Å². The maximum absolute atomic E-state index is 6.17. The second-order valence-corrected chi connectivity index (χ2v) is 7.45. The van der Waals surface area contributed by atoms with E-state index in [2.05, 4.69) is 4.98 Å². The van der Waals surface area contributed by atoms with Gasteiger partial charge in [0.05, 0.1) is 38.8 Å². The van der Waals surface area contributed by atoms with Gasteiger partial charge >= 0.3 is 0 Å². The molecule has 4 aromatic rings. The minimum atomic E-state index is -1.08. The Bertz CT molecular complexity index is 1110. The number of ether oxygens (including phenoxy) is 4. The summed E-state index contributed by atoms with van der Waals surface area (Å²) >= 11 is 0. The van der Waals surface area contributed by atoms with E-state index in [1.54, 1.807) is 14.2 Å². The van der Waals surface area contributed by atoms with Crippen LogP contribution in [0.2, 0.25) is 0 Å². The molecule has 0 amide bonds. The lowest BCUT2D eigenvalue weighted by Crippen LogP contribution is -2.30. The maximum atomic E-state index is 6.17. The zero-order valence-corrected chi connectivity index (χ0v) is 18.0. The SMILES string of the molecule is COc1ccc(-c2nc(C3(c4ccccc4)OCCO3)[nH]c2-c2ccc(OC)cc2)cc1. The molecule has 6 nitrogen and oxygen atoms in total. The standard InChI is InChI=1S/C26H24N2O4/c1-29-21-12-8-18(9-13-21)23-24(19-10-14-22(30-2)15-11-19)28-25(27-23)26(31-16-17-32-26)20-6-4-3-5-7-20/h3-15H,16-17H2,1-2H3,(H,27,28). The molecule has 1 aliphatic rings. The van der Waals surface area contributed by atoms with E-state index >= 15 is 0 Å². The molecule has 6 heteroatoms. The van der Waals surface area contributed by atoms with Gasteiger partial charge in [0.15, 0.2) is 5.82 Å². The second kappa shape index (κ2) is 8.49. The minimum Gasteiger partial charge on any atom is -0.497 e. The van der Waals surface area contributed by atoms with Crippen LogP contribution >= 0.6 is 0 Å². The fraction of sp³-hybridized carbons (Fsp3) is 0.192. The van der Waals surface area contributed by atoms with Crippen molar-refractivity contribution in [2.75, 3.05) is 27.4 Å². The molecular weight excluding hydrogens is 404 g/mol. The molecule has 1 fully saturated rings. The van der Waals surface area contributed by atoms with E-state index in [0.29, 0.717) is 19.0 Å². The van der Waals surface area contributed by atoms with Crippen LogP contribution in [0.5, 0.6) is 11.5 Å². The summed E-state index contributed by atoms with van der Waals surface area (Å²) in [5.41, 5.74) is 4.52. The van der Waals surface area contributed by atoms with Gasteiger partial charge in [0.2, 0.25) is 0 Å². The number of nitrogens with zero attached hydrogens (tertiary/aromatic N) is 1. The Balaban J connectivity index is 1.68. The summed E-state index contributed by atoms with van der Waals surface area (Å²) < 4.78 is 23.0. The van der Waals surface area contributed by atoms with Gasteiger partial charge in [-0.15, -0.1) is 0 Å². The van der Waals surface area contributed by atoms with Gasteiger partial charge in [-0.25, -0.2) is 4.98 Å². The molecule has 1 saturated heterocycles. The first kappa shape index (κ1) is 20.3. The highest BCUT2D eigenvalue weighted by Crippen LogP contribution is 2.41. The normalized spacial score (nSPS) is 14.9. The molecule has 1 N–H and O–H groups in total. The van der Waals surface area contributed by atoms with Gasteiger partial charge in [-0.05, 0) is 48.5 Å². The van der Waals surface area contributed by atoms with Crippen molar-refractivity contribution in [1.82, 2.24) is 9.97 Å². The van der Waals surface area contributed by atoms with Gasteiger partial charge in [0.1, 0.15) is 11.5 Å². The fourth-order valence-corrected chi connectivity index (χ4v) is 3.96. The number of H-pyrrole nitrogens is 1. The van der Waals surface area contributed by atoms with Crippen LogP contribution in [-0.2, 0) is 15.3 Å². The van der Waals surface area contributed by atoms with Gasteiger partial charge in [-0.2, -0.15) is 0 Å². The van der Waals surface area contributed by atoms with Crippen molar-refractivity contribution in [3.05, 3.63) is 90.3 Å². The number of benzene rings is 3. The van der Waals surface area contributed by atoms with Crippen molar-refractivity contribution in [2.24, 2.45) is 0 Å². The summed E-state index contributed by atoms with van der Waals surface area (Å²) in [7, 11) is 3.31. The fourth-order valence-electron chi connectivity index (χ4n) is 3.96. The Labute approximate surface area is 186 Å². The van der Waals surface area contributed by atoms with E-state index in [1.165, 1.54) is 0 Å². The van der Waals surface area contributed by atoms with Crippen LogP contribution in [0.4, 0.5) is 0 Å². The zero-order valence-electron chi connectivity index (χ0n) is 18.0. The lowest BCUT2D eigenvalue weighted by Gasteiger charge is -2.25. The van der Waals surface area contributed by atoms with Crippen LogP contribution in [0.15, 0.2) is 78.9 Å². The van der Waals surface area contributed by atoms with E-state index in [-0.39, 0.29) is 0 Å². The van der Waals surface area contributed by atoms with Gasteiger partial charge in [-0.3, -0.25) is 0 Å². The van der Waals surface area contributed by atoms with Crippen molar-refractivity contribution >= 4 is 0 Å². The molecular formula is C26H24N2O4. The molecule has 0 aliphatic carbocycles. The first-order valence-electron chi connectivity index (χ1n) is 10.5. The molecule has 1 aliphatic heterocycles. The second-order valence-electron chi connectivity index (χ2n) is 7.45. The number of aromatic nitrogens is 2. The Morgan fingerprint density at radius 1 is 0.750 bits per heavy atom. The number of hydrogen-bond donors (Lipinski definition) is 1. The Morgan fingerprint density at radius 3 is 1.88 bits per heavy atom. The van der Waals surface area contributed by atoms with E-state index in [4.69, 9.17) is 23.9 Å². The predicted octanol–water partition coefficient (Wildman–Crippen LogP) is 5.01. The molecule has 2 heterocycles. The summed E-state index contributed by atoms with van der Waals surface area (Å²) in [5.74, 6) is 1.12. The number of imidazole rings is 1. The number of rotatable bonds is 6. The van der Waals surface area contributed by atoms with Crippen LogP contribution in [0.1, 0.15) is 11.4 Å². The van der Waals surface area contributed by atoms with Gasteiger partial charge in [0.25, 0.3) is 5.79 Å². The smallest absolute Gasteiger partial charge is 0.256 e. The maximum Gasteiger partial charge on any atom is 0.256 e. The van der Waals surface area contributed by atoms with Crippen molar-refractivity contribution in [1.29, 1.82) is 0 Å². The molecule has 1 aromatic heterocycles. The highest BCUT2D eigenvalue weighted by molar-refractivity contribution is 5.79. The van der Waals surface area contributed by atoms with Gasteiger partial charge in [0, 0.05) is 16.7 Å². The van der Waals surface area contributed by atoms with Crippen LogP contribution < -0.4 is 9.47 Å². The largest absolute Gasteiger partial charge is 0.497 e. The summed E-state index contributed by atoms with van der Waals surface area (Å²) in [5, 5.41) is 0. The molecule has 0 radical (unpaired) electrons. The van der Waals surface area contributed by atoms with E-state index < -0.39 is 5.79 Å². The number of nitrogens with one attached hydrogen (secondary N) is 1. The number of aromatic amines is 1. The zero-order chi connectivity index (χ0) is 22.0. The predicted molar refractivity (Wildman–Crippen MR) is 122 cm³/mol. The lowest BCUT2D eigenvalue weighted by molar-refractivity contribution is -0.135. The van der Waals surface area contributed by atoms with Crippen LogP contribution in [-0.4, -0.2) is 37.4 Å². The van der Waals surface area contributed by atoms with Crippen molar-refractivity contribution in [2.45, 2.75) is 5.79 Å². The quantitative estimate of drug-likeness (QED) is 0.468. The highest BCUT2D eigenvalue weighted by Gasteiger charge is 2.44. The summed E-state index contributed by atoms with van der Waals surface area (Å²) in [6, 6.07) is 25.6. The number of hydrogen-bond acceptors (Lipinski definition) is 5. The Hall–Kier alpha value is -3.61. The van der Waals surface area contributed by atoms with Crippen LogP contribution in [0, 0.1) is 0 Å². The van der Waals surface area contributed by atoms with E-state index in [0.717, 1.165) is 39.6 Å². The monoisotopic (exact) mass is 428 g/mol. The van der Waals surface area contributed by atoms with Crippen LogP contribution in [0.25, 0.3) is 22.5 Å². The summed E-state index contributed by atoms with van der Waals surface area (Å²) in [6.45, 7) is 0.983. The Morgan fingerprint density at radius 2 is 1.31 bits per heavy atom. The average Bonchev–Trinajstić information content (AvgIpc) is 3.53. The van der Waals surface area contributed by atoms with Gasteiger partial charge < -0.3 is 23.9 Å². The average molecular weight is 428 g/mol. The third-order valence-corrected chi connectivity index (χ3v) is 5.61. The van der Waals surface area contributed by atoms with E-state index in [1.807, 2.05) is 78.9 Å². The molecule has 162 valence electrons. The molecule has 0 bridgehead atoms. The molecule has 0 atom stereocenters. The minimum absolute atomic E-state index is 0.491. The molecule has 0 unspecified atom stereocenters. The lowest BCUT2D eigenvalue weighted by atomic mass is 10.0. The Kier molecular flexibility index (Phi) is 5.39. The third kappa shape index (κ3) is 3.53. The first-order valence-corrected chi connectivity index (χ1v) is 10.5. The highest BCUT2D eigenvalue weighted by atomic mass is 16.7. The van der Waals surface area contributed by atoms with Crippen molar-refractivity contribution < 1.29 is 18.9 Å². The molecule has 32 heavy (non-hydrogen) atoms. The molecule has 5 rings (SSSR count).